The monoisotopic (exact) mass is 238 g/mol. The molecule has 0 spiro atoms. The molecule has 4 nitrogen and oxygen atoms in total. The maximum Gasteiger partial charge on any atom is 0.155 e. The van der Waals surface area contributed by atoms with Crippen LogP contribution in [0.4, 0.5) is 5.82 Å². The minimum absolute atomic E-state index is 0.547. The highest BCUT2D eigenvalue weighted by Gasteiger charge is 2.06. The largest absolute Gasteiger partial charge is 0.382 e. The second-order valence-electron chi connectivity index (χ2n) is 4.13. The molecule has 4 heteroatoms. The van der Waals surface area contributed by atoms with Gasteiger partial charge in [-0.25, -0.2) is 0 Å². The molecule has 0 amide bonds. The van der Waals surface area contributed by atoms with Crippen molar-refractivity contribution in [1.29, 1.82) is 0 Å². The fraction of sp³-hybridized carbons (Fsp3) is 0.0714. The summed E-state index contributed by atoms with van der Waals surface area (Å²) in [7, 11) is 0. The highest BCUT2D eigenvalue weighted by Crippen LogP contribution is 2.18. The Labute approximate surface area is 105 Å². The first kappa shape index (κ1) is 10.7. The number of hydrogen-bond acceptors (Lipinski definition) is 3. The molecule has 90 valence electrons. The van der Waals surface area contributed by atoms with Gasteiger partial charge in [-0.15, -0.1) is 5.10 Å². The molecule has 0 atom stereocenters. The molecular weight excluding hydrogens is 224 g/mol. The molecular formula is C14H14N4. The van der Waals surface area contributed by atoms with Crippen LogP contribution in [0.3, 0.4) is 0 Å². The van der Waals surface area contributed by atoms with Crippen LogP contribution in [0.1, 0.15) is 5.56 Å². The molecule has 0 radical (unpaired) electrons. The van der Waals surface area contributed by atoms with Crippen LogP contribution < -0.4 is 11.2 Å². The number of nitrogen functional groups attached to an aromatic ring is 1. The fourth-order valence-electron chi connectivity index (χ4n) is 1.97. The van der Waals surface area contributed by atoms with Crippen molar-refractivity contribution in [3.8, 4) is 0 Å². The Morgan fingerprint density at radius 2 is 1.72 bits per heavy atom. The molecule has 0 aliphatic rings. The number of benzene rings is 2. The van der Waals surface area contributed by atoms with Crippen molar-refractivity contribution < 1.29 is 0 Å². The minimum atomic E-state index is 0.547. The van der Waals surface area contributed by atoms with Crippen LogP contribution >= 0.6 is 0 Å². The van der Waals surface area contributed by atoms with E-state index in [-0.39, 0.29) is 0 Å². The average Bonchev–Trinajstić information content (AvgIpc) is 2.75. The number of anilines is 1. The molecule has 0 aliphatic carbocycles. The number of fused-ring (bicyclic) bond motifs is 1. The first-order chi connectivity index (χ1) is 8.84. The lowest BCUT2D eigenvalue weighted by atomic mass is 10.2. The third-order valence-corrected chi connectivity index (χ3v) is 2.89. The van der Waals surface area contributed by atoms with Gasteiger partial charge in [0.1, 0.15) is 0 Å². The van der Waals surface area contributed by atoms with Crippen LogP contribution in [-0.4, -0.2) is 9.89 Å². The average molecular weight is 238 g/mol. The highest BCUT2D eigenvalue weighted by atomic mass is 15.6. The normalized spacial score (nSPS) is 10.7. The van der Waals surface area contributed by atoms with Crippen LogP contribution in [0.2, 0.25) is 0 Å². The molecule has 2 aromatic carbocycles. The quantitative estimate of drug-likeness (QED) is 0.736. The predicted octanol–water partition coefficient (Wildman–Crippen LogP) is 2.36. The van der Waals surface area contributed by atoms with E-state index in [0.717, 1.165) is 10.9 Å². The maximum atomic E-state index is 5.87. The zero-order chi connectivity index (χ0) is 12.4. The molecule has 3 aromatic rings. The molecule has 3 N–H and O–H groups in total. The van der Waals surface area contributed by atoms with Gasteiger partial charge in [0.2, 0.25) is 0 Å². The molecule has 0 saturated carbocycles. The summed E-state index contributed by atoms with van der Waals surface area (Å²) in [5.74, 6) is 0.547. The number of aromatic nitrogens is 2. The number of nitrogens with two attached hydrogens (primary N) is 1. The zero-order valence-corrected chi connectivity index (χ0v) is 9.88. The second kappa shape index (κ2) is 4.41. The van der Waals surface area contributed by atoms with Crippen LogP contribution in [0, 0.1) is 0 Å². The van der Waals surface area contributed by atoms with Crippen molar-refractivity contribution in [2.45, 2.75) is 6.54 Å². The summed E-state index contributed by atoms with van der Waals surface area (Å²) in [6.45, 7) is 0.714. The topological polar surface area (TPSA) is 55.9 Å². The van der Waals surface area contributed by atoms with Gasteiger partial charge in [-0.3, -0.25) is 0 Å². The van der Waals surface area contributed by atoms with Gasteiger partial charge in [0.25, 0.3) is 0 Å². The summed E-state index contributed by atoms with van der Waals surface area (Å²) in [5, 5.41) is 5.26. The third-order valence-electron chi connectivity index (χ3n) is 2.89. The van der Waals surface area contributed by atoms with Gasteiger partial charge in [-0.1, -0.05) is 42.5 Å². The lowest BCUT2D eigenvalue weighted by Crippen LogP contribution is -2.15. The second-order valence-corrected chi connectivity index (χ2v) is 4.13. The molecule has 0 saturated heterocycles. The van der Waals surface area contributed by atoms with Crippen molar-refractivity contribution in [1.82, 2.24) is 9.89 Å². The van der Waals surface area contributed by atoms with Gasteiger partial charge >= 0.3 is 0 Å². The number of rotatable bonds is 3. The summed E-state index contributed by atoms with van der Waals surface area (Å²) < 4.78 is 0. The SMILES string of the molecule is Nc1nn(NCc2ccccc2)c2ccccc12. The number of para-hydroxylation sites is 1. The van der Waals surface area contributed by atoms with Gasteiger partial charge in [0.05, 0.1) is 12.1 Å². The molecule has 3 rings (SSSR count). The minimum Gasteiger partial charge on any atom is -0.382 e. The van der Waals surface area contributed by atoms with E-state index in [1.54, 1.807) is 4.79 Å². The van der Waals surface area contributed by atoms with E-state index in [9.17, 15) is 0 Å². The lowest BCUT2D eigenvalue weighted by Gasteiger charge is -2.07. The summed E-state index contributed by atoms with van der Waals surface area (Å²) in [5.41, 5.74) is 11.3. The van der Waals surface area contributed by atoms with E-state index in [2.05, 4.69) is 22.7 Å². The van der Waals surface area contributed by atoms with Gasteiger partial charge in [0.15, 0.2) is 5.82 Å². The van der Waals surface area contributed by atoms with E-state index in [0.29, 0.717) is 12.4 Å². The molecule has 1 heterocycles. The summed E-state index contributed by atoms with van der Waals surface area (Å²) in [4.78, 5) is 1.73. The summed E-state index contributed by atoms with van der Waals surface area (Å²) in [6, 6.07) is 18.1. The molecule has 18 heavy (non-hydrogen) atoms. The number of nitrogens with zero attached hydrogens (tertiary/aromatic N) is 2. The van der Waals surface area contributed by atoms with E-state index in [1.807, 2.05) is 42.5 Å². The van der Waals surface area contributed by atoms with Gasteiger partial charge in [0, 0.05) is 5.39 Å². The molecule has 1 aromatic heterocycles. The van der Waals surface area contributed by atoms with Gasteiger partial charge < -0.3 is 11.2 Å². The van der Waals surface area contributed by atoms with Crippen molar-refractivity contribution in [2.24, 2.45) is 0 Å². The van der Waals surface area contributed by atoms with Crippen molar-refractivity contribution >= 4 is 16.7 Å². The molecule has 0 unspecified atom stereocenters. The predicted molar refractivity (Wildman–Crippen MR) is 73.7 cm³/mol. The Balaban J connectivity index is 1.87. The van der Waals surface area contributed by atoms with Crippen LogP contribution in [0.15, 0.2) is 54.6 Å². The fourth-order valence-corrected chi connectivity index (χ4v) is 1.97. The maximum absolute atomic E-state index is 5.87. The van der Waals surface area contributed by atoms with Gasteiger partial charge in [-0.05, 0) is 17.7 Å². The molecule has 0 fully saturated rings. The highest BCUT2D eigenvalue weighted by molar-refractivity contribution is 5.89. The summed E-state index contributed by atoms with van der Waals surface area (Å²) >= 11 is 0. The summed E-state index contributed by atoms with van der Waals surface area (Å²) in [6.07, 6.45) is 0. The first-order valence-electron chi connectivity index (χ1n) is 5.85. The smallest absolute Gasteiger partial charge is 0.155 e. The van der Waals surface area contributed by atoms with Gasteiger partial charge in [-0.2, -0.15) is 4.79 Å². The van der Waals surface area contributed by atoms with Crippen LogP contribution in [0.5, 0.6) is 0 Å². The van der Waals surface area contributed by atoms with Crippen molar-refractivity contribution in [3.05, 3.63) is 60.2 Å². The Kier molecular flexibility index (Phi) is 2.61. The first-order valence-corrected chi connectivity index (χ1v) is 5.85. The number of nitrogens with one attached hydrogen (secondary N) is 1. The van der Waals surface area contributed by atoms with E-state index >= 15 is 0 Å². The Hall–Kier alpha value is -2.49. The number of hydrogen-bond donors (Lipinski definition) is 2. The lowest BCUT2D eigenvalue weighted by molar-refractivity contribution is 0.759. The van der Waals surface area contributed by atoms with E-state index < -0.39 is 0 Å². The van der Waals surface area contributed by atoms with E-state index in [4.69, 9.17) is 5.73 Å². The Morgan fingerprint density at radius 3 is 2.56 bits per heavy atom. The standard InChI is InChI=1S/C14H14N4/c15-14-12-8-4-5-9-13(12)18(17-14)16-10-11-6-2-1-3-7-11/h1-9,16H,10H2,(H2,15,17). The molecule has 0 aliphatic heterocycles. The Morgan fingerprint density at radius 1 is 1.00 bits per heavy atom. The van der Waals surface area contributed by atoms with Crippen LogP contribution in [-0.2, 0) is 6.54 Å². The van der Waals surface area contributed by atoms with E-state index in [1.165, 1.54) is 5.56 Å². The third kappa shape index (κ3) is 1.88. The van der Waals surface area contributed by atoms with Crippen molar-refractivity contribution in [2.75, 3.05) is 11.2 Å². The zero-order valence-electron chi connectivity index (χ0n) is 9.88. The Bertz CT molecular complexity index is 658. The van der Waals surface area contributed by atoms with Crippen molar-refractivity contribution in [3.63, 3.8) is 0 Å². The molecule has 0 bridgehead atoms. The van der Waals surface area contributed by atoms with Crippen LogP contribution in [0.25, 0.3) is 10.9 Å².